The van der Waals surface area contributed by atoms with Crippen LogP contribution in [0.1, 0.15) is 11.3 Å². The van der Waals surface area contributed by atoms with Gasteiger partial charge in [-0.2, -0.15) is 0 Å². The second-order valence-corrected chi connectivity index (χ2v) is 5.10. The average molecular weight is 357 g/mol. The number of alkyl halides is 1. The summed E-state index contributed by atoms with van der Waals surface area (Å²) in [5.74, 6) is 1.58. The number of ether oxygens (including phenoxy) is 1. The van der Waals surface area contributed by atoms with Crippen LogP contribution < -0.4 is 4.74 Å². The Morgan fingerprint density at radius 3 is 2.71 bits per heavy atom. The third kappa shape index (κ3) is 3.30. The van der Waals surface area contributed by atoms with E-state index in [-0.39, 0.29) is 0 Å². The van der Waals surface area contributed by atoms with Crippen molar-refractivity contribution in [3.63, 3.8) is 0 Å². The van der Waals surface area contributed by atoms with Crippen molar-refractivity contribution in [2.24, 2.45) is 0 Å². The molecule has 17 heavy (non-hydrogen) atoms. The van der Waals surface area contributed by atoms with E-state index in [2.05, 4.69) is 36.8 Å². The summed E-state index contributed by atoms with van der Waals surface area (Å²) in [6.07, 6.45) is 1.73. The van der Waals surface area contributed by atoms with Gasteiger partial charge in [0.15, 0.2) is 0 Å². The molecule has 0 aliphatic carbocycles. The third-order valence-corrected chi connectivity index (χ3v) is 3.38. The summed E-state index contributed by atoms with van der Waals surface area (Å²) < 4.78 is 6.81. The van der Waals surface area contributed by atoms with Crippen molar-refractivity contribution < 1.29 is 4.74 Å². The monoisotopic (exact) mass is 355 g/mol. The number of pyridine rings is 1. The van der Waals surface area contributed by atoms with E-state index in [1.807, 2.05) is 37.3 Å². The molecule has 0 radical (unpaired) electrons. The van der Waals surface area contributed by atoms with Gasteiger partial charge in [-0.25, -0.2) is 0 Å². The maximum absolute atomic E-state index is 5.81. The lowest BCUT2D eigenvalue weighted by Gasteiger charge is -2.10. The number of benzene rings is 1. The van der Waals surface area contributed by atoms with E-state index in [9.17, 15) is 0 Å². The molecule has 0 aliphatic rings. The molecule has 1 aromatic heterocycles. The van der Waals surface area contributed by atoms with E-state index in [1.54, 1.807) is 6.20 Å². The average Bonchev–Trinajstić information content (AvgIpc) is 2.32. The van der Waals surface area contributed by atoms with E-state index in [0.717, 1.165) is 32.6 Å². The van der Waals surface area contributed by atoms with Crippen LogP contribution in [-0.2, 0) is 5.33 Å². The van der Waals surface area contributed by atoms with Gasteiger partial charge >= 0.3 is 0 Å². The first kappa shape index (κ1) is 12.6. The Bertz CT molecular complexity index is 511. The van der Waals surface area contributed by atoms with Crippen molar-refractivity contribution in [2.75, 3.05) is 0 Å². The smallest absolute Gasteiger partial charge is 0.145 e. The van der Waals surface area contributed by atoms with Crippen LogP contribution in [0.2, 0.25) is 0 Å². The van der Waals surface area contributed by atoms with Crippen LogP contribution in [0.3, 0.4) is 0 Å². The molecule has 0 spiro atoms. The molecule has 0 unspecified atom stereocenters. The Balaban J connectivity index is 2.28. The van der Waals surface area contributed by atoms with Crippen molar-refractivity contribution in [2.45, 2.75) is 12.3 Å². The Morgan fingerprint density at radius 2 is 2.06 bits per heavy atom. The van der Waals surface area contributed by atoms with Crippen molar-refractivity contribution in [3.8, 4) is 11.5 Å². The summed E-state index contributed by atoms with van der Waals surface area (Å²) in [6.45, 7) is 1.95. The summed E-state index contributed by atoms with van der Waals surface area (Å²) in [4.78, 5) is 4.20. The van der Waals surface area contributed by atoms with E-state index < -0.39 is 0 Å². The molecule has 0 atom stereocenters. The number of halogens is 2. The molecular weight excluding hydrogens is 346 g/mol. The molecule has 0 saturated carbocycles. The first-order chi connectivity index (χ1) is 8.19. The van der Waals surface area contributed by atoms with Gasteiger partial charge in [0, 0.05) is 21.1 Å². The largest absolute Gasteiger partial charge is 0.455 e. The van der Waals surface area contributed by atoms with Crippen LogP contribution in [0, 0.1) is 6.92 Å². The minimum Gasteiger partial charge on any atom is -0.455 e. The summed E-state index contributed by atoms with van der Waals surface area (Å²) in [7, 11) is 0. The molecule has 88 valence electrons. The van der Waals surface area contributed by atoms with Gasteiger partial charge in [0.2, 0.25) is 0 Å². The molecule has 0 bridgehead atoms. The molecule has 1 aromatic carbocycles. The first-order valence-corrected chi connectivity index (χ1v) is 7.05. The number of aromatic nitrogens is 1. The predicted octanol–water partition coefficient (Wildman–Crippen LogP) is 4.84. The summed E-state index contributed by atoms with van der Waals surface area (Å²) in [6, 6.07) is 9.82. The van der Waals surface area contributed by atoms with Gasteiger partial charge in [0.05, 0.1) is 6.20 Å². The Kier molecular flexibility index (Phi) is 4.18. The number of hydrogen-bond acceptors (Lipinski definition) is 2. The number of aryl methyl sites for hydroxylation is 1. The van der Waals surface area contributed by atoms with Crippen molar-refractivity contribution >= 4 is 31.9 Å². The number of hydrogen-bond donors (Lipinski definition) is 0. The fourth-order valence-electron chi connectivity index (χ4n) is 1.38. The lowest BCUT2D eigenvalue weighted by Crippen LogP contribution is -1.90. The zero-order valence-electron chi connectivity index (χ0n) is 9.28. The fourth-order valence-corrected chi connectivity index (χ4v) is 2.18. The highest BCUT2D eigenvalue weighted by atomic mass is 79.9. The molecule has 2 rings (SSSR count). The maximum Gasteiger partial charge on any atom is 0.145 e. The lowest BCUT2D eigenvalue weighted by molar-refractivity contribution is 0.475. The highest BCUT2D eigenvalue weighted by molar-refractivity contribution is 9.10. The van der Waals surface area contributed by atoms with Gasteiger partial charge in [-0.15, -0.1) is 0 Å². The second kappa shape index (κ2) is 5.65. The molecule has 0 fully saturated rings. The van der Waals surface area contributed by atoms with Gasteiger partial charge < -0.3 is 4.74 Å². The lowest BCUT2D eigenvalue weighted by atomic mass is 10.2. The van der Waals surface area contributed by atoms with Crippen molar-refractivity contribution in [1.29, 1.82) is 0 Å². The topological polar surface area (TPSA) is 22.1 Å². The van der Waals surface area contributed by atoms with Crippen LogP contribution in [-0.4, -0.2) is 4.98 Å². The minimum atomic E-state index is 0.746. The summed E-state index contributed by atoms with van der Waals surface area (Å²) in [5, 5.41) is 0.759. The maximum atomic E-state index is 5.81. The van der Waals surface area contributed by atoms with Gasteiger partial charge in [-0.1, -0.05) is 37.9 Å². The van der Waals surface area contributed by atoms with Crippen LogP contribution in [0.15, 0.2) is 41.0 Å². The number of nitrogens with zero attached hydrogens (tertiary/aromatic N) is 1. The first-order valence-electron chi connectivity index (χ1n) is 5.14. The number of rotatable bonds is 3. The van der Waals surface area contributed by atoms with Crippen LogP contribution >= 0.6 is 31.9 Å². The SMILES string of the molecule is Cc1ccc(Oc2cc(Br)ccc2CBr)cn1. The molecule has 1 heterocycles. The zero-order chi connectivity index (χ0) is 12.3. The molecule has 0 aliphatic heterocycles. The highest BCUT2D eigenvalue weighted by Gasteiger charge is 2.05. The quantitative estimate of drug-likeness (QED) is 0.734. The Hall–Kier alpha value is -0.870. The van der Waals surface area contributed by atoms with Crippen molar-refractivity contribution in [1.82, 2.24) is 4.98 Å². The normalized spacial score (nSPS) is 10.3. The second-order valence-electron chi connectivity index (χ2n) is 3.62. The fraction of sp³-hybridized carbons (Fsp3) is 0.154. The van der Waals surface area contributed by atoms with E-state index in [1.165, 1.54) is 0 Å². The minimum absolute atomic E-state index is 0.746. The van der Waals surface area contributed by atoms with Gasteiger partial charge in [0.25, 0.3) is 0 Å². The highest BCUT2D eigenvalue weighted by Crippen LogP contribution is 2.29. The summed E-state index contributed by atoms with van der Waals surface area (Å²) in [5.41, 5.74) is 2.08. The van der Waals surface area contributed by atoms with E-state index >= 15 is 0 Å². The molecule has 2 aromatic rings. The molecule has 2 nitrogen and oxygen atoms in total. The van der Waals surface area contributed by atoms with Gasteiger partial charge in [-0.05, 0) is 31.2 Å². The standard InChI is InChI=1S/C13H11Br2NO/c1-9-2-5-12(8-16-9)17-13-6-11(15)4-3-10(13)7-14/h2-6,8H,7H2,1H3. The third-order valence-electron chi connectivity index (χ3n) is 2.29. The van der Waals surface area contributed by atoms with Gasteiger partial charge in [0.1, 0.15) is 11.5 Å². The molecule has 0 N–H and O–H groups in total. The molecule has 4 heteroatoms. The summed E-state index contributed by atoms with van der Waals surface area (Å²) >= 11 is 6.89. The molecule has 0 amide bonds. The zero-order valence-corrected chi connectivity index (χ0v) is 12.5. The van der Waals surface area contributed by atoms with E-state index in [0.29, 0.717) is 0 Å². The van der Waals surface area contributed by atoms with Crippen LogP contribution in [0.5, 0.6) is 11.5 Å². The Labute approximate surface area is 117 Å². The molecular formula is C13H11Br2NO. The molecule has 0 saturated heterocycles. The van der Waals surface area contributed by atoms with Gasteiger partial charge in [-0.3, -0.25) is 4.98 Å². The van der Waals surface area contributed by atoms with Crippen molar-refractivity contribution in [3.05, 3.63) is 52.3 Å². The van der Waals surface area contributed by atoms with E-state index in [4.69, 9.17) is 4.74 Å². The predicted molar refractivity (Wildman–Crippen MR) is 75.8 cm³/mol. The van der Waals surface area contributed by atoms with Crippen LogP contribution in [0.4, 0.5) is 0 Å². The Morgan fingerprint density at radius 1 is 1.24 bits per heavy atom. The van der Waals surface area contributed by atoms with Crippen LogP contribution in [0.25, 0.3) is 0 Å².